The van der Waals surface area contributed by atoms with Crippen molar-refractivity contribution in [3.63, 3.8) is 0 Å². The average molecular weight is 320 g/mol. The number of piperazine rings is 1. The summed E-state index contributed by atoms with van der Waals surface area (Å²) in [6, 6.07) is 7.94. The first-order valence-corrected chi connectivity index (χ1v) is 9.07. The number of nitrogens with zero attached hydrogens (tertiary/aromatic N) is 4. The van der Waals surface area contributed by atoms with Crippen molar-refractivity contribution in [1.29, 1.82) is 0 Å². The zero-order valence-corrected chi connectivity index (χ0v) is 14.2. The maximum atomic E-state index is 12.9. The molecule has 1 saturated heterocycles. The van der Waals surface area contributed by atoms with Gasteiger partial charge in [0.05, 0.1) is 18.0 Å². The van der Waals surface area contributed by atoms with Crippen LogP contribution in [-0.2, 0) is 11.0 Å². The molecule has 0 aliphatic carbocycles. The molecule has 0 bridgehead atoms. The Balaban J connectivity index is 1.70. The van der Waals surface area contributed by atoms with Crippen molar-refractivity contribution >= 4 is 16.9 Å². The number of hydrogen-bond donors (Lipinski definition) is 0. The lowest BCUT2D eigenvalue weighted by atomic mass is 10.2. The molecule has 1 fully saturated rings. The van der Waals surface area contributed by atoms with Crippen molar-refractivity contribution in [3.05, 3.63) is 29.8 Å². The predicted molar refractivity (Wildman–Crippen MR) is 90.3 cm³/mol. The molecule has 0 spiro atoms. The Hall–Kier alpha value is -1.40. The molecule has 0 saturated carbocycles. The molecule has 22 heavy (non-hydrogen) atoms. The third-order valence-electron chi connectivity index (χ3n) is 4.30. The molecule has 1 atom stereocenters. The highest BCUT2D eigenvalue weighted by molar-refractivity contribution is 7.83. The van der Waals surface area contributed by atoms with Gasteiger partial charge in [0.25, 0.3) is 0 Å². The van der Waals surface area contributed by atoms with E-state index in [2.05, 4.69) is 21.7 Å². The Morgan fingerprint density at radius 3 is 2.41 bits per heavy atom. The second-order valence-electron chi connectivity index (χ2n) is 5.77. The van der Waals surface area contributed by atoms with E-state index < -0.39 is 11.0 Å². The summed E-state index contributed by atoms with van der Waals surface area (Å²) in [5.41, 5.74) is 1.19. The molecule has 120 valence electrons. The second kappa shape index (κ2) is 6.79. The van der Waals surface area contributed by atoms with E-state index in [1.807, 2.05) is 35.5 Å². The van der Waals surface area contributed by atoms with Crippen LogP contribution >= 0.6 is 0 Å². The third-order valence-corrected chi connectivity index (χ3v) is 5.73. The summed E-state index contributed by atoms with van der Waals surface area (Å²) in [6.07, 6.45) is 0. The van der Waals surface area contributed by atoms with Gasteiger partial charge in [0.1, 0.15) is 0 Å². The SMILES string of the molecule is CCN1CCN(C2=NCCN2S(=O)c2ccc(C)cc2)CC1. The van der Waals surface area contributed by atoms with Gasteiger partial charge in [-0.1, -0.05) is 24.6 Å². The molecule has 6 heteroatoms. The standard InChI is InChI=1S/C16H24N4OS/c1-3-18-10-12-19(13-11-18)16-17-8-9-20(16)22(21)15-6-4-14(2)5-7-15/h4-7H,3,8-13H2,1-2H3. The minimum Gasteiger partial charge on any atom is -0.339 e. The summed E-state index contributed by atoms with van der Waals surface area (Å²) in [5, 5.41) is 0. The van der Waals surface area contributed by atoms with Crippen molar-refractivity contribution < 1.29 is 4.21 Å². The van der Waals surface area contributed by atoms with Gasteiger partial charge >= 0.3 is 0 Å². The van der Waals surface area contributed by atoms with Crippen molar-refractivity contribution in [1.82, 2.24) is 14.1 Å². The topological polar surface area (TPSA) is 39.1 Å². The summed E-state index contributed by atoms with van der Waals surface area (Å²) in [6.45, 7) is 10.9. The van der Waals surface area contributed by atoms with Gasteiger partial charge in [-0.15, -0.1) is 0 Å². The first-order chi connectivity index (χ1) is 10.7. The number of aryl methyl sites for hydroxylation is 1. The summed E-state index contributed by atoms with van der Waals surface area (Å²) >= 11 is 0. The zero-order valence-electron chi connectivity index (χ0n) is 13.4. The fraction of sp³-hybridized carbons (Fsp3) is 0.562. The van der Waals surface area contributed by atoms with E-state index in [0.717, 1.165) is 56.7 Å². The molecule has 2 aliphatic heterocycles. The van der Waals surface area contributed by atoms with Crippen LogP contribution in [0.4, 0.5) is 0 Å². The number of guanidine groups is 1. The molecule has 0 amide bonds. The normalized spacial score (nSPS) is 21.1. The van der Waals surface area contributed by atoms with E-state index in [1.165, 1.54) is 5.56 Å². The molecule has 5 nitrogen and oxygen atoms in total. The monoisotopic (exact) mass is 320 g/mol. The Morgan fingerprint density at radius 2 is 1.77 bits per heavy atom. The molecule has 0 radical (unpaired) electrons. The van der Waals surface area contributed by atoms with Crippen molar-refractivity contribution in [2.75, 3.05) is 45.8 Å². The van der Waals surface area contributed by atoms with Crippen LogP contribution in [0.25, 0.3) is 0 Å². The molecule has 0 aromatic heterocycles. The lowest BCUT2D eigenvalue weighted by molar-refractivity contribution is 0.184. The summed E-state index contributed by atoms with van der Waals surface area (Å²) < 4.78 is 14.8. The van der Waals surface area contributed by atoms with Crippen molar-refractivity contribution in [2.45, 2.75) is 18.7 Å². The summed E-state index contributed by atoms with van der Waals surface area (Å²) in [4.78, 5) is 10.2. The van der Waals surface area contributed by atoms with Crippen molar-refractivity contribution in [2.24, 2.45) is 4.99 Å². The fourth-order valence-corrected chi connectivity index (χ4v) is 4.07. The summed E-state index contributed by atoms with van der Waals surface area (Å²) in [5.74, 6) is 0.912. The first kappa shape index (κ1) is 15.5. The zero-order chi connectivity index (χ0) is 15.5. The average Bonchev–Trinajstić information content (AvgIpc) is 3.04. The minimum absolute atomic E-state index is 0.737. The van der Waals surface area contributed by atoms with Crippen LogP contribution in [-0.4, -0.2) is 70.1 Å². The van der Waals surface area contributed by atoms with Crippen molar-refractivity contribution in [3.8, 4) is 0 Å². The molecule has 1 aromatic rings. The molecular weight excluding hydrogens is 296 g/mol. The highest BCUT2D eigenvalue weighted by atomic mass is 32.2. The predicted octanol–water partition coefficient (Wildman–Crippen LogP) is 1.33. The van der Waals surface area contributed by atoms with E-state index in [-0.39, 0.29) is 0 Å². The highest BCUT2D eigenvalue weighted by Gasteiger charge is 2.29. The van der Waals surface area contributed by atoms with E-state index >= 15 is 0 Å². The number of aliphatic imine (C=N–C) groups is 1. The van der Waals surface area contributed by atoms with Gasteiger partial charge in [0.15, 0.2) is 11.0 Å². The van der Waals surface area contributed by atoms with Crippen LogP contribution in [0.2, 0.25) is 0 Å². The largest absolute Gasteiger partial charge is 0.339 e. The van der Waals surface area contributed by atoms with E-state index in [0.29, 0.717) is 0 Å². The molecule has 1 unspecified atom stereocenters. The lowest BCUT2D eigenvalue weighted by Crippen LogP contribution is -2.52. The van der Waals surface area contributed by atoms with Crippen LogP contribution in [0.5, 0.6) is 0 Å². The van der Waals surface area contributed by atoms with Crippen LogP contribution in [0.3, 0.4) is 0 Å². The Morgan fingerprint density at radius 1 is 1.09 bits per heavy atom. The van der Waals surface area contributed by atoms with Gasteiger partial charge in [0, 0.05) is 26.2 Å². The van der Waals surface area contributed by atoms with Crippen LogP contribution in [0.1, 0.15) is 12.5 Å². The maximum Gasteiger partial charge on any atom is 0.209 e. The molecular formula is C16H24N4OS. The lowest BCUT2D eigenvalue weighted by Gasteiger charge is -2.37. The minimum atomic E-state index is -1.16. The van der Waals surface area contributed by atoms with Gasteiger partial charge in [0.2, 0.25) is 5.96 Å². The van der Waals surface area contributed by atoms with Crippen LogP contribution in [0.15, 0.2) is 34.2 Å². The summed E-state index contributed by atoms with van der Waals surface area (Å²) in [7, 11) is -1.16. The molecule has 2 heterocycles. The second-order valence-corrected chi connectivity index (χ2v) is 7.18. The smallest absolute Gasteiger partial charge is 0.209 e. The van der Waals surface area contributed by atoms with Gasteiger partial charge in [-0.25, -0.2) is 4.21 Å². The van der Waals surface area contributed by atoms with E-state index in [1.54, 1.807) is 0 Å². The van der Waals surface area contributed by atoms with Crippen LogP contribution < -0.4 is 0 Å². The molecule has 2 aliphatic rings. The number of rotatable bonds is 3. The molecule has 3 rings (SSSR count). The number of hydrogen-bond acceptors (Lipinski definition) is 4. The third kappa shape index (κ3) is 3.17. The van der Waals surface area contributed by atoms with Crippen LogP contribution in [0, 0.1) is 6.92 Å². The fourth-order valence-electron chi connectivity index (χ4n) is 2.88. The number of likely N-dealkylation sites (N-methyl/N-ethyl adjacent to an activating group) is 1. The molecule has 1 aromatic carbocycles. The molecule has 0 N–H and O–H groups in total. The first-order valence-electron chi connectivity index (χ1n) is 7.97. The Kier molecular flexibility index (Phi) is 4.78. The van der Waals surface area contributed by atoms with Gasteiger partial charge in [-0.05, 0) is 25.6 Å². The van der Waals surface area contributed by atoms with Gasteiger partial charge in [-0.3, -0.25) is 9.30 Å². The van der Waals surface area contributed by atoms with Gasteiger partial charge in [-0.2, -0.15) is 0 Å². The van der Waals surface area contributed by atoms with E-state index in [9.17, 15) is 4.21 Å². The quantitative estimate of drug-likeness (QED) is 0.843. The number of benzene rings is 1. The van der Waals surface area contributed by atoms with E-state index in [4.69, 9.17) is 0 Å². The Labute approximate surface area is 135 Å². The van der Waals surface area contributed by atoms with Gasteiger partial charge < -0.3 is 9.80 Å². The maximum absolute atomic E-state index is 12.9. The Bertz CT molecular complexity index is 564. The highest BCUT2D eigenvalue weighted by Crippen LogP contribution is 2.18.